The van der Waals surface area contributed by atoms with Crippen LogP contribution < -0.4 is 10.1 Å². The van der Waals surface area contributed by atoms with Crippen LogP contribution in [0.5, 0.6) is 5.75 Å². The maximum Gasteiger partial charge on any atom is 0.208 e. The Morgan fingerprint density at radius 3 is 3.00 bits per heavy atom. The smallest absolute Gasteiger partial charge is 0.208 e. The van der Waals surface area contributed by atoms with E-state index in [4.69, 9.17) is 9.15 Å². The zero-order chi connectivity index (χ0) is 13.7. The standard InChI is InChI=1S/C14H18N2O3/c1-10-7-16-14(19-10)9-15-8-13(17)11-4-3-5-12(6-11)18-2/h3-7,13,15,17H,8-9H2,1-2H3. The molecule has 1 aromatic heterocycles. The predicted molar refractivity (Wildman–Crippen MR) is 70.9 cm³/mol. The minimum absolute atomic E-state index is 0.425. The van der Waals surface area contributed by atoms with E-state index < -0.39 is 6.10 Å². The Kier molecular flexibility index (Phi) is 4.54. The first kappa shape index (κ1) is 13.6. The largest absolute Gasteiger partial charge is 0.497 e. The van der Waals surface area contributed by atoms with Gasteiger partial charge in [-0.2, -0.15) is 0 Å². The molecular formula is C14H18N2O3. The van der Waals surface area contributed by atoms with Gasteiger partial charge >= 0.3 is 0 Å². The lowest BCUT2D eigenvalue weighted by Crippen LogP contribution is -2.21. The van der Waals surface area contributed by atoms with Crippen LogP contribution in [0.3, 0.4) is 0 Å². The molecule has 0 saturated carbocycles. The van der Waals surface area contributed by atoms with E-state index >= 15 is 0 Å². The van der Waals surface area contributed by atoms with Gasteiger partial charge in [-0.05, 0) is 24.6 Å². The molecule has 1 heterocycles. The minimum Gasteiger partial charge on any atom is -0.497 e. The molecule has 1 aromatic carbocycles. The van der Waals surface area contributed by atoms with Crippen molar-refractivity contribution in [3.63, 3.8) is 0 Å². The monoisotopic (exact) mass is 262 g/mol. The highest BCUT2D eigenvalue weighted by Gasteiger charge is 2.08. The molecule has 0 aliphatic carbocycles. The molecule has 1 unspecified atom stereocenters. The summed E-state index contributed by atoms with van der Waals surface area (Å²) in [7, 11) is 1.61. The molecule has 0 aliphatic heterocycles. The van der Waals surface area contributed by atoms with Gasteiger partial charge in [-0.3, -0.25) is 0 Å². The van der Waals surface area contributed by atoms with Crippen LogP contribution in [0.2, 0.25) is 0 Å². The van der Waals surface area contributed by atoms with E-state index in [2.05, 4.69) is 10.3 Å². The number of hydrogen-bond acceptors (Lipinski definition) is 5. The first-order valence-corrected chi connectivity index (χ1v) is 6.13. The Hall–Kier alpha value is -1.85. The highest BCUT2D eigenvalue weighted by molar-refractivity contribution is 5.29. The summed E-state index contributed by atoms with van der Waals surface area (Å²) in [5.41, 5.74) is 0.815. The first-order valence-electron chi connectivity index (χ1n) is 6.13. The van der Waals surface area contributed by atoms with E-state index in [0.717, 1.165) is 17.1 Å². The molecule has 0 amide bonds. The molecule has 0 radical (unpaired) electrons. The van der Waals surface area contributed by atoms with Crippen molar-refractivity contribution < 1.29 is 14.3 Å². The average molecular weight is 262 g/mol. The summed E-state index contributed by atoms with van der Waals surface area (Å²) >= 11 is 0. The van der Waals surface area contributed by atoms with Gasteiger partial charge in [0.05, 0.1) is 26.0 Å². The van der Waals surface area contributed by atoms with Crippen LogP contribution in [0.15, 0.2) is 34.9 Å². The second-order valence-electron chi connectivity index (χ2n) is 4.29. The minimum atomic E-state index is -0.592. The number of hydrogen-bond donors (Lipinski definition) is 2. The molecule has 0 saturated heterocycles. The van der Waals surface area contributed by atoms with Crippen molar-refractivity contribution in [1.29, 1.82) is 0 Å². The topological polar surface area (TPSA) is 67.5 Å². The fraction of sp³-hybridized carbons (Fsp3) is 0.357. The molecule has 0 bridgehead atoms. The molecule has 2 rings (SSSR count). The normalized spacial score (nSPS) is 12.4. The number of ether oxygens (including phenoxy) is 1. The average Bonchev–Trinajstić information content (AvgIpc) is 2.84. The molecular weight excluding hydrogens is 244 g/mol. The summed E-state index contributed by atoms with van der Waals surface area (Å²) in [5, 5.41) is 13.2. The summed E-state index contributed by atoms with van der Waals surface area (Å²) in [5.74, 6) is 2.14. The third kappa shape index (κ3) is 3.81. The van der Waals surface area contributed by atoms with Gasteiger partial charge in [-0.25, -0.2) is 4.98 Å². The van der Waals surface area contributed by atoms with Crippen LogP contribution in [0, 0.1) is 6.92 Å². The third-order valence-electron chi connectivity index (χ3n) is 2.76. The summed E-state index contributed by atoms with van der Waals surface area (Å²) in [6.07, 6.45) is 1.08. The highest BCUT2D eigenvalue weighted by atomic mass is 16.5. The van der Waals surface area contributed by atoms with E-state index in [1.807, 2.05) is 31.2 Å². The lowest BCUT2D eigenvalue weighted by Gasteiger charge is -2.12. The van der Waals surface area contributed by atoms with Crippen LogP contribution in [0.1, 0.15) is 23.3 Å². The van der Waals surface area contributed by atoms with E-state index in [9.17, 15) is 5.11 Å². The van der Waals surface area contributed by atoms with Gasteiger partial charge in [0.2, 0.25) is 5.89 Å². The van der Waals surface area contributed by atoms with Crippen molar-refractivity contribution in [1.82, 2.24) is 10.3 Å². The summed E-state index contributed by atoms with van der Waals surface area (Å²) in [4.78, 5) is 4.08. The van der Waals surface area contributed by atoms with Gasteiger partial charge in [0.15, 0.2) is 0 Å². The number of nitrogens with zero attached hydrogens (tertiary/aromatic N) is 1. The zero-order valence-corrected chi connectivity index (χ0v) is 11.1. The van der Waals surface area contributed by atoms with Gasteiger partial charge in [-0.1, -0.05) is 12.1 Å². The zero-order valence-electron chi connectivity index (χ0n) is 11.1. The molecule has 2 aromatic rings. The maximum atomic E-state index is 10.1. The number of aliphatic hydroxyl groups excluding tert-OH is 1. The predicted octanol–water partition coefficient (Wildman–Crippen LogP) is 1.81. The number of aryl methyl sites for hydroxylation is 1. The Morgan fingerprint density at radius 1 is 1.47 bits per heavy atom. The van der Waals surface area contributed by atoms with Crippen molar-refractivity contribution in [3.05, 3.63) is 47.7 Å². The Bertz CT molecular complexity index is 525. The summed E-state index contributed by atoms with van der Waals surface area (Å²) in [6.45, 7) is 2.77. The molecule has 0 fully saturated rings. The molecule has 5 nitrogen and oxygen atoms in total. The number of methoxy groups -OCH3 is 1. The molecule has 0 aliphatic rings. The van der Waals surface area contributed by atoms with Crippen molar-refractivity contribution in [2.24, 2.45) is 0 Å². The van der Waals surface area contributed by atoms with Gasteiger partial charge in [0.1, 0.15) is 11.5 Å². The fourth-order valence-electron chi connectivity index (χ4n) is 1.77. The molecule has 5 heteroatoms. The van der Waals surface area contributed by atoms with Gasteiger partial charge < -0.3 is 19.6 Å². The van der Waals surface area contributed by atoms with Crippen molar-refractivity contribution in [2.45, 2.75) is 19.6 Å². The fourth-order valence-corrected chi connectivity index (χ4v) is 1.77. The highest BCUT2D eigenvalue weighted by Crippen LogP contribution is 2.18. The summed E-state index contributed by atoms with van der Waals surface area (Å²) in [6, 6.07) is 7.39. The second-order valence-corrected chi connectivity index (χ2v) is 4.29. The van der Waals surface area contributed by atoms with Crippen LogP contribution in [0.25, 0.3) is 0 Å². The number of aliphatic hydroxyl groups is 1. The molecule has 19 heavy (non-hydrogen) atoms. The van der Waals surface area contributed by atoms with Gasteiger partial charge in [0.25, 0.3) is 0 Å². The molecule has 1 atom stereocenters. The van der Waals surface area contributed by atoms with E-state index in [-0.39, 0.29) is 0 Å². The summed E-state index contributed by atoms with van der Waals surface area (Å²) < 4.78 is 10.5. The Labute approximate surface area is 112 Å². The van der Waals surface area contributed by atoms with E-state index in [0.29, 0.717) is 19.0 Å². The maximum absolute atomic E-state index is 10.1. The first-order chi connectivity index (χ1) is 9.19. The number of nitrogens with one attached hydrogen (secondary N) is 1. The van der Waals surface area contributed by atoms with Crippen LogP contribution in [0.4, 0.5) is 0 Å². The number of benzene rings is 1. The molecule has 102 valence electrons. The van der Waals surface area contributed by atoms with Gasteiger partial charge in [-0.15, -0.1) is 0 Å². The third-order valence-corrected chi connectivity index (χ3v) is 2.76. The SMILES string of the molecule is COc1cccc(C(O)CNCc2ncc(C)o2)c1. The van der Waals surface area contributed by atoms with Crippen LogP contribution in [-0.4, -0.2) is 23.7 Å². The lowest BCUT2D eigenvalue weighted by atomic mass is 10.1. The second kappa shape index (κ2) is 6.36. The van der Waals surface area contributed by atoms with Crippen LogP contribution in [-0.2, 0) is 6.54 Å². The van der Waals surface area contributed by atoms with Crippen molar-refractivity contribution >= 4 is 0 Å². The molecule has 0 spiro atoms. The van der Waals surface area contributed by atoms with E-state index in [1.165, 1.54) is 0 Å². The van der Waals surface area contributed by atoms with Gasteiger partial charge in [0, 0.05) is 6.54 Å². The van der Waals surface area contributed by atoms with Crippen LogP contribution >= 0.6 is 0 Å². The molecule has 2 N–H and O–H groups in total. The van der Waals surface area contributed by atoms with Crippen molar-refractivity contribution in [2.75, 3.05) is 13.7 Å². The number of aromatic nitrogens is 1. The van der Waals surface area contributed by atoms with Crippen molar-refractivity contribution in [3.8, 4) is 5.75 Å². The number of rotatable bonds is 6. The lowest BCUT2D eigenvalue weighted by molar-refractivity contribution is 0.172. The number of oxazole rings is 1. The Morgan fingerprint density at radius 2 is 2.32 bits per heavy atom. The van der Waals surface area contributed by atoms with E-state index in [1.54, 1.807) is 13.3 Å². The Balaban J connectivity index is 1.85. The quantitative estimate of drug-likeness (QED) is 0.831.